The summed E-state index contributed by atoms with van der Waals surface area (Å²) in [5.74, 6) is -0.458. The molecule has 1 saturated heterocycles. The lowest BCUT2D eigenvalue weighted by molar-refractivity contribution is -0.384. The Balaban J connectivity index is 1.71. The number of nitro benzene ring substituents is 1. The number of halogens is 2. The average Bonchev–Trinajstić information content (AvgIpc) is 2.68. The molecule has 0 bridgehead atoms. The van der Waals surface area contributed by atoms with Crippen LogP contribution in [-0.4, -0.2) is 47.8 Å². The molecule has 0 saturated carbocycles. The number of carbonyl (C=O) groups is 2. The number of benzene rings is 2. The fourth-order valence-corrected chi connectivity index (χ4v) is 3.59. The number of rotatable bonds is 4. The van der Waals surface area contributed by atoms with Crippen LogP contribution in [-0.2, 0) is 4.79 Å². The molecule has 10 heteroatoms. The van der Waals surface area contributed by atoms with Crippen LogP contribution >= 0.6 is 23.2 Å². The SMILES string of the molecule is CC(=O)N1CCN(c2ccc(NC(=O)c3ccc(Cl)c([N+](=O)[O-])c3)cc2Cl)CC1. The third-order valence-corrected chi connectivity index (χ3v) is 5.30. The van der Waals surface area contributed by atoms with Crippen molar-refractivity contribution in [1.82, 2.24) is 4.90 Å². The number of hydrogen-bond donors (Lipinski definition) is 1. The van der Waals surface area contributed by atoms with E-state index in [0.29, 0.717) is 36.9 Å². The van der Waals surface area contributed by atoms with Crippen LogP contribution in [0.3, 0.4) is 0 Å². The monoisotopic (exact) mass is 436 g/mol. The number of nitrogens with zero attached hydrogens (tertiary/aromatic N) is 3. The number of carbonyl (C=O) groups excluding carboxylic acids is 2. The standard InChI is InChI=1S/C19H18Cl2N4O4/c1-12(26)23-6-8-24(9-7-23)17-5-3-14(11-16(17)21)22-19(27)13-2-4-15(20)18(10-13)25(28)29/h2-5,10-11H,6-9H2,1H3,(H,22,27). The quantitative estimate of drug-likeness (QED) is 0.580. The lowest BCUT2D eigenvalue weighted by Crippen LogP contribution is -2.48. The molecule has 1 N–H and O–H groups in total. The molecule has 2 aromatic rings. The summed E-state index contributed by atoms with van der Waals surface area (Å²) in [6.07, 6.45) is 0. The molecule has 8 nitrogen and oxygen atoms in total. The molecule has 1 heterocycles. The van der Waals surface area contributed by atoms with E-state index in [9.17, 15) is 19.7 Å². The van der Waals surface area contributed by atoms with Gasteiger partial charge >= 0.3 is 0 Å². The van der Waals surface area contributed by atoms with E-state index in [1.165, 1.54) is 12.1 Å². The number of piperazine rings is 1. The highest BCUT2D eigenvalue weighted by atomic mass is 35.5. The summed E-state index contributed by atoms with van der Waals surface area (Å²) in [6, 6.07) is 8.98. The van der Waals surface area contributed by atoms with Gasteiger partial charge in [0.25, 0.3) is 11.6 Å². The maximum absolute atomic E-state index is 12.4. The van der Waals surface area contributed by atoms with E-state index in [4.69, 9.17) is 23.2 Å². The summed E-state index contributed by atoms with van der Waals surface area (Å²) >= 11 is 12.2. The minimum absolute atomic E-state index is 0.0381. The second-order valence-corrected chi connectivity index (χ2v) is 7.35. The molecule has 0 atom stereocenters. The second kappa shape index (κ2) is 8.67. The summed E-state index contributed by atoms with van der Waals surface area (Å²) in [7, 11) is 0. The number of anilines is 2. The van der Waals surface area contributed by atoms with Crippen molar-refractivity contribution >= 4 is 52.1 Å². The van der Waals surface area contributed by atoms with E-state index in [-0.39, 0.29) is 22.2 Å². The topological polar surface area (TPSA) is 95.8 Å². The Bertz CT molecular complexity index is 975. The Kier molecular flexibility index (Phi) is 6.24. The van der Waals surface area contributed by atoms with Crippen molar-refractivity contribution in [1.29, 1.82) is 0 Å². The van der Waals surface area contributed by atoms with Crippen LogP contribution in [0.1, 0.15) is 17.3 Å². The van der Waals surface area contributed by atoms with E-state index in [2.05, 4.69) is 10.2 Å². The van der Waals surface area contributed by atoms with Crippen LogP contribution < -0.4 is 10.2 Å². The van der Waals surface area contributed by atoms with Gasteiger partial charge in [0.1, 0.15) is 5.02 Å². The molecule has 1 aliphatic heterocycles. The molecule has 0 spiro atoms. The van der Waals surface area contributed by atoms with Crippen molar-refractivity contribution in [2.75, 3.05) is 36.4 Å². The van der Waals surface area contributed by atoms with E-state index in [1.54, 1.807) is 30.0 Å². The van der Waals surface area contributed by atoms with Gasteiger partial charge in [-0.3, -0.25) is 19.7 Å². The van der Waals surface area contributed by atoms with Crippen LogP contribution in [0.2, 0.25) is 10.0 Å². The zero-order valence-corrected chi connectivity index (χ0v) is 17.0. The highest BCUT2D eigenvalue weighted by molar-refractivity contribution is 6.34. The van der Waals surface area contributed by atoms with E-state index in [0.717, 1.165) is 11.8 Å². The molecule has 0 aliphatic carbocycles. The number of amides is 2. The van der Waals surface area contributed by atoms with Gasteiger partial charge in [0, 0.05) is 50.4 Å². The van der Waals surface area contributed by atoms with Gasteiger partial charge in [-0.15, -0.1) is 0 Å². The fourth-order valence-electron chi connectivity index (χ4n) is 3.10. The highest BCUT2D eigenvalue weighted by Gasteiger charge is 2.21. The first-order valence-corrected chi connectivity index (χ1v) is 9.57. The summed E-state index contributed by atoms with van der Waals surface area (Å²) in [5, 5.41) is 14.1. The molecule has 3 rings (SSSR count). The van der Waals surface area contributed by atoms with Crippen LogP contribution in [0.4, 0.5) is 17.1 Å². The van der Waals surface area contributed by atoms with Crippen molar-refractivity contribution in [2.24, 2.45) is 0 Å². The van der Waals surface area contributed by atoms with Gasteiger partial charge in [-0.1, -0.05) is 23.2 Å². The molecule has 152 valence electrons. The van der Waals surface area contributed by atoms with Crippen molar-refractivity contribution in [3.8, 4) is 0 Å². The molecule has 0 unspecified atom stereocenters. The van der Waals surface area contributed by atoms with Gasteiger partial charge in [0.2, 0.25) is 5.91 Å². The first-order chi connectivity index (χ1) is 13.8. The first-order valence-electron chi connectivity index (χ1n) is 8.81. The van der Waals surface area contributed by atoms with Gasteiger partial charge in [-0.2, -0.15) is 0 Å². The smallest absolute Gasteiger partial charge is 0.288 e. The minimum atomic E-state index is -0.642. The lowest BCUT2D eigenvalue weighted by atomic mass is 10.1. The molecular weight excluding hydrogens is 419 g/mol. The lowest BCUT2D eigenvalue weighted by Gasteiger charge is -2.36. The molecule has 2 amide bonds. The largest absolute Gasteiger partial charge is 0.367 e. The number of nitro groups is 1. The number of hydrogen-bond acceptors (Lipinski definition) is 5. The molecule has 1 fully saturated rings. The second-order valence-electron chi connectivity index (χ2n) is 6.54. The summed E-state index contributed by atoms with van der Waals surface area (Å²) in [5.41, 5.74) is 1.05. The third kappa shape index (κ3) is 4.78. The van der Waals surface area contributed by atoms with E-state index in [1.807, 2.05) is 0 Å². The minimum Gasteiger partial charge on any atom is -0.367 e. The highest BCUT2D eigenvalue weighted by Crippen LogP contribution is 2.30. The molecule has 29 heavy (non-hydrogen) atoms. The van der Waals surface area contributed by atoms with Gasteiger partial charge in [0.15, 0.2) is 0 Å². The summed E-state index contributed by atoms with van der Waals surface area (Å²) in [4.78, 5) is 38.1. The average molecular weight is 437 g/mol. The molecule has 0 aromatic heterocycles. The van der Waals surface area contributed by atoms with Gasteiger partial charge in [-0.25, -0.2) is 0 Å². The predicted octanol–water partition coefficient (Wildman–Crippen LogP) is 3.82. The maximum Gasteiger partial charge on any atom is 0.288 e. The molecule has 0 radical (unpaired) electrons. The zero-order chi connectivity index (χ0) is 21.1. The van der Waals surface area contributed by atoms with Gasteiger partial charge in [-0.05, 0) is 30.3 Å². The number of nitrogens with one attached hydrogen (secondary N) is 1. The van der Waals surface area contributed by atoms with Gasteiger partial charge in [0.05, 0.1) is 15.6 Å². The summed E-state index contributed by atoms with van der Waals surface area (Å²) < 4.78 is 0. The Morgan fingerprint density at radius 3 is 2.31 bits per heavy atom. The van der Waals surface area contributed by atoms with Crippen LogP contribution in [0, 0.1) is 10.1 Å². The van der Waals surface area contributed by atoms with Crippen LogP contribution in [0.15, 0.2) is 36.4 Å². The van der Waals surface area contributed by atoms with Crippen molar-refractivity contribution in [3.63, 3.8) is 0 Å². The Morgan fingerprint density at radius 1 is 1.03 bits per heavy atom. The zero-order valence-electron chi connectivity index (χ0n) is 15.5. The normalized spacial score (nSPS) is 13.9. The fraction of sp³-hybridized carbons (Fsp3) is 0.263. The Morgan fingerprint density at radius 2 is 1.72 bits per heavy atom. The predicted molar refractivity (Wildman–Crippen MR) is 112 cm³/mol. The van der Waals surface area contributed by atoms with Crippen molar-refractivity contribution in [2.45, 2.75) is 6.92 Å². The molecular formula is C19H18Cl2N4O4. The molecule has 2 aromatic carbocycles. The van der Waals surface area contributed by atoms with Crippen LogP contribution in [0.5, 0.6) is 0 Å². The summed E-state index contributed by atoms with van der Waals surface area (Å²) in [6.45, 7) is 4.13. The first kappa shape index (κ1) is 20.9. The van der Waals surface area contributed by atoms with Crippen LogP contribution in [0.25, 0.3) is 0 Å². The maximum atomic E-state index is 12.4. The van der Waals surface area contributed by atoms with Crippen molar-refractivity contribution in [3.05, 3.63) is 62.1 Å². The molecule has 1 aliphatic rings. The van der Waals surface area contributed by atoms with Gasteiger partial charge < -0.3 is 15.1 Å². The van der Waals surface area contributed by atoms with E-state index >= 15 is 0 Å². The van der Waals surface area contributed by atoms with Crippen molar-refractivity contribution < 1.29 is 14.5 Å². The van der Waals surface area contributed by atoms with E-state index < -0.39 is 10.8 Å². The Hall–Kier alpha value is -2.84. The third-order valence-electron chi connectivity index (χ3n) is 4.68. The Labute approximate surface area is 177 Å².